The second-order valence-electron chi connectivity index (χ2n) is 5.79. The van der Waals surface area contributed by atoms with Crippen LogP contribution in [-0.2, 0) is 11.2 Å². The first kappa shape index (κ1) is 20.3. The van der Waals surface area contributed by atoms with E-state index in [0.29, 0.717) is 36.8 Å². The minimum atomic E-state index is -0.684. The van der Waals surface area contributed by atoms with Crippen molar-refractivity contribution in [3.05, 3.63) is 71.8 Å². The highest BCUT2D eigenvalue weighted by Gasteiger charge is 2.26. The predicted octanol–water partition coefficient (Wildman–Crippen LogP) is 3.33. The van der Waals surface area contributed by atoms with E-state index < -0.39 is 6.04 Å². The zero-order valence-electron chi connectivity index (χ0n) is 14.4. The fourth-order valence-electron chi connectivity index (χ4n) is 2.64. The van der Waals surface area contributed by atoms with Crippen molar-refractivity contribution >= 4 is 35.0 Å². The van der Waals surface area contributed by atoms with E-state index in [1.807, 2.05) is 36.4 Å². The molecule has 2 aromatic rings. The van der Waals surface area contributed by atoms with Crippen LogP contribution in [-0.4, -0.2) is 47.6 Å². The number of alkyl halides is 2. The van der Waals surface area contributed by atoms with Crippen molar-refractivity contribution in [3.63, 3.8) is 0 Å². The smallest absolute Gasteiger partial charge is 0.251 e. The van der Waals surface area contributed by atoms with Crippen LogP contribution in [0, 0.1) is 0 Å². The molecule has 0 aliphatic rings. The van der Waals surface area contributed by atoms with E-state index in [9.17, 15) is 9.59 Å². The van der Waals surface area contributed by atoms with Crippen LogP contribution < -0.4 is 5.32 Å². The van der Waals surface area contributed by atoms with Crippen molar-refractivity contribution in [2.75, 3.05) is 24.8 Å². The summed E-state index contributed by atoms with van der Waals surface area (Å²) >= 11 is 11.6. The monoisotopic (exact) mass is 392 g/mol. The Morgan fingerprint density at radius 1 is 0.885 bits per heavy atom. The number of carbonyl (C=O) groups is 2. The fraction of sp³-hybridized carbons (Fsp3) is 0.300. The summed E-state index contributed by atoms with van der Waals surface area (Å²) in [5.74, 6) is 0.164. The molecule has 1 atom stereocenters. The quantitative estimate of drug-likeness (QED) is 0.665. The topological polar surface area (TPSA) is 49.4 Å². The molecule has 0 heterocycles. The van der Waals surface area contributed by atoms with Crippen molar-refractivity contribution in [3.8, 4) is 0 Å². The molecular weight excluding hydrogens is 371 g/mol. The van der Waals surface area contributed by atoms with Gasteiger partial charge >= 0.3 is 0 Å². The lowest BCUT2D eigenvalue weighted by Crippen LogP contribution is -2.50. The van der Waals surface area contributed by atoms with Gasteiger partial charge in [-0.15, -0.1) is 23.2 Å². The summed E-state index contributed by atoms with van der Waals surface area (Å²) in [5.41, 5.74) is 1.48. The molecule has 0 aromatic heterocycles. The Morgan fingerprint density at radius 2 is 1.42 bits per heavy atom. The van der Waals surface area contributed by atoms with Gasteiger partial charge in [0.05, 0.1) is 0 Å². The number of amides is 2. The van der Waals surface area contributed by atoms with E-state index in [2.05, 4.69) is 5.32 Å². The van der Waals surface area contributed by atoms with Gasteiger partial charge in [-0.2, -0.15) is 0 Å². The summed E-state index contributed by atoms with van der Waals surface area (Å²) in [6, 6.07) is 17.8. The first-order valence-corrected chi connectivity index (χ1v) is 9.53. The molecule has 0 spiro atoms. The summed E-state index contributed by atoms with van der Waals surface area (Å²) in [7, 11) is 0. The minimum Gasteiger partial charge on any atom is -0.340 e. The van der Waals surface area contributed by atoms with Gasteiger partial charge in [-0.05, 0) is 17.7 Å². The van der Waals surface area contributed by atoms with E-state index in [1.165, 1.54) is 0 Å². The molecule has 1 unspecified atom stereocenters. The molecule has 2 aromatic carbocycles. The van der Waals surface area contributed by atoms with Gasteiger partial charge in [-0.25, -0.2) is 0 Å². The van der Waals surface area contributed by atoms with E-state index in [1.54, 1.807) is 29.2 Å². The molecule has 138 valence electrons. The highest BCUT2D eigenvalue weighted by molar-refractivity contribution is 6.18. The molecule has 0 fully saturated rings. The second kappa shape index (κ2) is 10.8. The van der Waals surface area contributed by atoms with Crippen LogP contribution in [0.1, 0.15) is 15.9 Å². The predicted molar refractivity (Wildman–Crippen MR) is 106 cm³/mol. The average molecular weight is 393 g/mol. The minimum absolute atomic E-state index is 0.181. The number of carbonyl (C=O) groups excluding carboxylic acids is 2. The van der Waals surface area contributed by atoms with E-state index >= 15 is 0 Å². The highest BCUT2D eigenvalue weighted by Crippen LogP contribution is 2.09. The normalized spacial score (nSPS) is 11.6. The standard InChI is InChI=1S/C20H22Cl2N2O2/c21-11-13-24(14-12-22)20(26)18(15-16-7-3-1-4-8-16)23-19(25)17-9-5-2-6-10-17/h1-10,18H,11-15H2,(H,23,25). The molecule has 6 heteroatoms. The molecule has 1 N–H and O–H groups in total. The second-order valence-corrected chi connectivity index (χ2v) is 6.54. The van der Waals surface area contributed by atoms with Crippen LogP contribution in [0.2, 0.25) is 0 Å². The van der Waals surface area contributed by atoms with Gasteiger partial charge in [-0.3, -0.25) is 9.59 Å². The Balaban J connectivity index is 2.20. The van der Waals surface area contributed by atoms with Gasteiger partial charge in [0.25, 0.3) is 5.91 Å². The molecule has 0 aliphatic heterocycles. The number of hydrogen-bond acceptors (Lipinski definition) is 2. The van der Waals surface area contributed by atoms with Crippen LogP contribution in [0.25, 0.3) is 0 Å². The molecule has 4 nitrogen and oxygen atoms in total. The zero-order valence-corrected chi connectivity index (χ0v) is 15.9. The molecule has 2 rings (SSSR count). The highest BCUT2D eigenvalue weighted by atomic mass is 35.5. The van der Waals surface area contributed by atoms with Crippen LogP contribution in [0.4, 0.5) is 0 Å². The van der Waals surface area contributed by atoms with Crippen molar-refractivity contribution in [1.82, 2.24) is 10.2 Å². The average Bonchev–Trinajstić information content (AvgIpc) is 2.68. The van der Waals surface area contributed by atoms with Crippen LogP contribution in [0.15, 0.2) is 60.7 Å². The van der Waals surface area contributed by atoms with Crippen molar-refractivity contribution in [2.24, 2.45) is 0 Å². The summed E-state index contributed by atoms with van der Waals surface area (Å²) in [5, 5.41) is 2.86. The summed E-state index contributed by atoms with van der Waals surface area (Å²) in [6.07, 6.45) is 0.402. The van der Waals surface area contributed by atoms with E-state index in [-0.39, 0.29) is 11.8 Å². The largest absolute Gasteiger partial charge is 0.340 e. The number of halogens is 2. The van der Waals surface area contributed by atoms with Gasteiger partial charge < -0.3 is 10.2 Å². The molecular formula is C20H22Cl2N2O2. The number of nitrogens with zero attached hydrogens (tertiary/aromatic N) is 1. The number of nitrogens with one attached hydrogen (secondary N) is 1. The van der Waals surface area contributed by atoms with Crippen molar-refractivity contribution in [2.45, 2.75) is 12.5 Å². The number of benzene rings is 2. The first-order valence-electron chi connectivity index (χ1n) is 8.46. The lowest BCUT2D eigenvalue weighted by molar-refractivity contribution is -0.132. The molecule has 0 saturated carbocycles. The summed E-state index contributed by atoms with van der Waals surface area (Å²) in [4.78, 5) is 27.1. The Kier molecular flexibility index (Phi) is 8.45. The maximum Gasteiger partial charge on any atom is 0.251 e. The van der Waals surface area contributed by atoms with Gasteiger partial charge in [-0.1, -0.05) is 48.5 Å². The molecule has 0 aliphatic carbocycles. The van der Waals surface area contributed by atoms with Crippen LogP contribution in [0.5, 0.6) is 0 Å². The number of rotatable bonds is 9. The van der Waals surface area contributed by atoms with Crippen molar-refractivity contribution < 1.29 is 9.59 Å². The first-order chi connectivity index (χ1) is 12.7. The van der Waals surface area contributed by atoms with E-state index in [0.717, 1.165) is 5.56 Å². The molecule has 26 heavy (non-hydrogen) atoms. The Labute approximate surface area is 164 Å². The van der Waals surface area contributed by atoms with E-state index in [4.69, 9.17) is 23.2 Å². The third-order valence-corrected chi connectivity index (χ3v) is 4.28. The Hall–Kier alpha value is -2.04. The molecule has 0 bridgehead atoms. The van der Waals surface area contributed by atoms with Crippen LogP contribution >= 0.6 is 23.2 Å². The maximum atomic E-state index is 13.0. The van der Waals surface area contributed by atoms with Crippen LogP contribution in [0.3, 0.4) is 0 Å². The summed E-state index contributed by atoms with van der Waals surface area (Å²) < 4.78 is 0. The molecule has 0 radical (unpaired) electrons. The van der Waals surface area contributed by atoms with Gasteiger partial charge in [0.1, 0.15) is 6.04 Å². The zero-order chi connectivity index (χ0) is 18.8. The van der Waals surface area contributed by atoms with Gasteiger partial charge in [0.15, 0.2) is 0 Å². The molecule has 2 amide bonds. The number of hydrogen-bond donors (Lipinski definition) is 1. The lowest BCUT2D eigenvalue weighted by Gasteiger charge is -2.27. The SMILES string of the molecule is O=C(NC(Cc1ccccc1)C(=O)N(CCCl)CCCl)c1ccccc1. The Bertz CT molecular complexity index is 689. The fourth-order valence-corrected chi connectivity index (χ4v) is 3.05. The maximum absolute atomic E-state index is 13.0. The lowest BCUT2D eigenvalue weighted by atomic mass is 10.0. The van der Waals surface area contributed by atoms with Crippen molar-refractivity contribution in [1.29, 1.82) is 0 Å². The Morgan fingerprint density at radius 3 is 1.96 bits per heavy atom. The summed E-state index contributed by atoms with van der Waals surface area (Å²) in [6.45, 7) is 0.777. The van der Waals surface area contributed by atoms with Gasteiger partial charge in [0, 0.05) is 36.8 Å². The third-order valence-electron chi connectivity index (χ3n) is 3.94. The third kappa shape index (κ3) is 6.04. The molecule has 0 saturated heterocycles. The van der Waals surface area contributed by atoms with Gasteiger partial charge in [0.2, 0.25) is 5.91 Å².